The molecule has 0 aliphatic carbocycles. The summed E-state index contributed by atoms with van der Waals surface area (Å²) in [7, 11) is 0. The molecule has 0 unspecified atom stereocenters. The quantitative estimate of drug-likeness (QED) is 0.750. The molecule has 136 valence electrons. The summed E-state index contributed by atoms with van der Waals surface area (Å²) in [6.45, 7) is 6.98. The molecule has 0 bridgehead atoms. The Morgan fingerprint density at radius 3 is 2.56 bits per heavy atom. The van der Waals surface area contributed by atoms with Crippen molar-refractivity contribution in [2.45, 2.75) is 51.8 Å². The molecule has 0 radical (unpaired) electrons. The maximum absolute atomic E-state index is 12.8. The molecule has 0 aliphatic heterocycles. The third kappa shape index (κ3) is 5.30. The highest BCUT2D eigenvalue weighted by atomic mass is 19.4. The van der Waals surface area contributed by atoms with Crippen molar-refractivity contribution in [2.24, 2.45) is 0 Å². The highest BCUT2D eigenvalue weighted by Crippen LogP contribution is 2.32. The first kappa shape index (κ1) is 19.0. The van der Waals surface area contributed by atoms with Crippen molar-refractivity contribution >= 4 is 5.97 Å². The second-order valence-electron chi connectivity index (χ2n) is 6.73. The lowest BCUT2D eigenvalue weighted by Crippen LogP contribution is -2.24. The number of benzene rings is 1. The lowest BCUT2D eigenvalue weighted by Gasteiger charge is -2.20. The first-order chi connectivity index (χ1) is 11.5. The Morgan fingerprint density at radius 2 is 1.96 bits per heavy atom. The first-order valence-corrected chi connectivity index (χ1v) is 7.69. The molecule has 0 fully saturated rings. The highest BCUT2D eigenvalue weighted by Gasteiger charge is 2.31. The number of carbonyl (C=O) groups is 1. The molecule has 0 amide bonds. The van der Waals surface area contributed by atoms with Gasteiger partial charge in [-0.1, -0.05) is 24.2 Å². The number of alkyl halides is 3. The molecule has 0 N–H and O–H groups in total. The maximum Gasteiger partial charge on any atom is 0.416 e. The van der Waals surface area contributed by atoms with Crippen molar-refractivity contribution in [1.82, 2.24) is 10.1 Å². The minimum Gasteiger partial charge on any atom is -0.460 e. The van der Waals surface area contributed by atoms with Crippen LogP contribution in [0.4, 0.5) is 13.2 Å². The van der Waals surface area contributed by atoms with E-state index in [1.807, 2.05) is 0 Å². The van der Waals surface area contributed by atoms with Crippen LogP contribution in [-0.4, -0.2) is 21.7 Å². The molecule has 1 heterocycles. The van der Waals surface area contributed by atoms with Crippen LogP contribution in [0, 0.1) is 0 Å². The van der Waals surface area contributed by atoms with Gasteiger partial charge in [-0.3, -0.25) is 4.79 Å². The smallest absolute Gasteiger partial charge is 0.416 e. The molecule has 1 aromatic heterocycles. The molecule has 2 aromatic rings. The van der Waals surface area contributed by atoms with E-state index in [2.05, 4.69) is 10.1 Å². The van der Waals surface area contributed by atoms with Gasteiger partial charge in [0.25, 0.3) is 0 Å². The fraction of sp³-hybridized carbons (Fsp3) is 0.471. The van der Waals surface area contributed by atoms with Gasteiger partial charge in [0, 0.05) is 11.5 Å². The molecule has 0 aliphatic rings. The number of ether oxygens (including phenoxy) is 1. The van der Waals surface area contributed by atoms with Gasteiger partial charge in [0.1, 0.15) is 5.60 Å². The van der Waals surface area contributed by atoms with Gasteiger partial charge in [0.2, 0.25) is 11.7 Å². The average Bonchev–Trinajstić information content (AvgIpc) is 2.94. The number of rotatable bonds is 4. The topological polar surface area (TPSA) is 65.2 Å². The predicted octanol–water partition coefficient (Wildman–Crippen LogP) is 4.59. The van der Waals surface area contributed by atoms with Crippen LogP contribution >= 0.6 is 0 Å². The Hall–Kier alpha value is -2.38. The molecule has 5 nitrogen and oxygen atoms in total. The number of aromatic nitrogens is 2. The van der Waals surface area contributed by atoms with E-state index in [1.54, 1.807) is 27.7 Å². The molecule has 0 saturated carbocycles. The third-order valence-corrected chi connectivity index (χ3v) is 3.20. The summed E-state index contributed by atoms with van der Waals surface area (Å²) >= 11 is 0. The Balaban J connectivity index is 2.13. The summed E-state index contributed by atoms with van der Waals surface area (Å²) < 4.78 is 48.6. The van der Waals surface area contributed by atoms with E-state index in [1.165, 1.54) is 12.1 Å². The molecule has 1 aromatic carbocycles. The maximum atomic E-state index is 12.8. The Labute approximate surface area is 143 Å². The lowest BCUT2D eigenvalue weighted by atomic mass is 10.1. The number of esters is 1. The van der Waals surface area contributed by atoms with Crippen LogP contribution in [-0.2, 0) is 15.7 Å². The van der Waals surface area contributed by atoms with Gasteiger partial charge in [-0.05, 0) is 32.9 Å². The zero-order chi connectivity index (χ0) is 18.8. The zero-order valence-electron chi connectivity index (χ0n) is 14.3. The van der Waals surface area contributed by atoms with E-state index in [-0.39, 0.29) is 23.7 Å². The van der Waals surface area contributed by atoms with Crippen LogP contribution < -0.4 is 0 Å². The van der Waals surface area contributed by atoms with Gasteiger partial charge in [0.05, 0.1) is 12.0 Å². The van der Waals surface area contributed by atoms with E-state index in [4.69, 9.17) is 9.26 Å². The van der Waals surface area contributed by atoms with Crippen LogP contribution in [0.1, 0.15) is 51.5 Å². The van der Waals surface area contributed by atoms with Crippen LogP contribution in [0.2, 0.25) is 0 Å². The second-order valence-corrected chi connectivity index (χ2v) is 6.73. The summed E-state index contributed by atoms with van der Waals surface area (Å²) in [5, 5.41) is 3.71. The Bertz CT molecular complexity index is 748. The van der Waals surface area contributed by atoms with Crippen LogP contribution in [0.15, 0.2) is 28.8 Å². The van der Waals surface area contributed by atoms with Crippen LogP contribution in [0.5, 0.6) is 0 Å². The minimum absolute atomic E-state index is 0.0293. The SMILES string of the molecule is C[C@H](CC(=O)OC(C)(C)C)c1nc(-c2cccc(C(F)(F)F)c2)no1. The van der Waals surface area contributed by atoms with E-state index in [0.717, 1.165) is 12.1 Å². The molecule has 1 atom stereocenters. The van der Waals surface area contributed by atoms with Crippen molar-refractivity contribution < 1.29 is 27.2 Å². The largest absolute Gasteiger partial charge is 0.460 e. The van der Waals surface area contributed by atoms with Crippen molar-refractivity contribution in [3.63, 3.8) is 0 Å². The summed E-state index contributed by atoms with van der Waals surface area (Å²) in [6, 6.07) is 4.66. The number of carbonyl (C=O) groups excluding carboxylic acids is 1. The summed E-state index contributed by atoms with van der Waals surface area (Å²) in [6.07, 6.45) is -4.42. The van der Waals surface area contributed by atoms with Gasteiger partial charge in [-0.25, -0.2) is 0 Å². The van der Waals surface area contributed by atoms with Gasteiger partial charge in [-0.15, -0.1) is 0 Å². The van der Waals surface area contributed by atoms with E-state index in [0.29, 0.717) is 0 Å². The molecule has 0 spiro atoms. The monoisotopic (exact) mass is 356 g/mol. The number of halogens is 3. The predicted molar refractivity (Wildman–Crippen MR) is 83.6 cm³/mol. The van der Waals surface area contributed by atoms with Crippen LogP contribution in [0.25, 0.3) is 11.4 Å². The van der Waals surface area contributed by atoms with Crippen molar-refractivity contribution in [2.75, 3.05) is 0 Å². The highest BCUT2D eigenvalue weighted by molar-refractivity contribution is 5.70. The normalized spacial score (nSPS) is 13.6. The molecule has 0 saturated heterocycles. The molecular weight excluding hydrogens is 337 g/mol. The molecule has 8 heteroatoms. The van der Waals surface area contributed by atoms with E-state index in [9.17, 15) is 18.0 Å². The van der Waals surface area contributed by atoms with Gasteiger partial charge < -0.3 is 9.26 Å². The van der Waals surface area contributed by atoms with Crippen molar-refractivity contribution in [3.05, 3.63) is 35.7 Å². The molecule has 2 rings (SSSR count). The van der Waals surface area contributed by atoms with E-state index >= 15 is 0 Å². The second kappa shape index (κ2) is 6.85. The Kier molecular flexibility index (Phi) is 5.20. The van der Waals surface area contributed by atoms with Crippen molar-refractivity contribution in [3.8, 4) is 11.4 Å². The molecular formula is C17H19F3N2O3. The number of hydrogen-bond acceptors (Lipinski definition) is 5. The van der Waals surface area contributed by atoms with Gasteiger partial charge >= 0.3 is 12.1 Å². The Morgan fingerprint density at radius 1 is 1.28 bits per heavy atom. The minimum atomic E-state index is -4.45. The fourth-order valence-electron chi connectivity index (χ4n) is 2.11. The van der Waals surface area contributed by atoms with Gasteiger partial charge in [-0.2, -0.15) is 18.2 Å². The zero-order valence-corrected chi connectivity index (χ0v) is 14.3. The van der Waals surface area contributed by atoms with Crippen molar-refractivity contribution in [1.29, 1.82) is 0 Å². The van der Waals surface area contributed by atoms with Crippen LogP contribution in [0.3, 0.4) is 0 Å². The summed E-state index contributed by atoms with van der Waals surface area (Å²) in [4.78, 5) is 15.9. The summed E-state index contributed by atoms with van der Waals surface area (Å²) in [5.41, 5.74) is -1.21. The van der Waals surface area contributed by atoms with Gasteiger partial charge in [0.15, 0.2) is 0 Å². The standard InChI is InChI=1S/C17H19F3N2O3/c1-10(8-13(23)24-16(2,3)4)15-21-14(22-25-15)11-6-5-7-12(9-11)17(18,19)20/h5-7,9-10H,8H2,1-4H3/t10-/m1/s1. The lowest BCUT2D eigenvalue weighted by molar-refractivity contribution is -0.155. The number of nitrogens with zero attached hydrogens (tertiary/aromatic N) is 2. The summed E-state index contributed by atoms with van der Waals surface area (Å²) in [5.74, 6) is -0.629. The van der Waals surface area contributed by atoms with E-state index < -0.39 is 29.2 Å². The average molecular weight is 356 g/mol. The molecule has 25 heavy (non-hydrogen) atoms. The third-order valence-electron chi connectivity index (χ3n) is 3.20. The first-order valence-electron chi connectivity index (χ1n) is 7.69. The fourth-order valence-corrected chi connectivity index (χ4v) is 2.11. The number of hydrogen-bond donors (Lipinski definition) is 0.